The van der Waals surface area contributed by atoms with Gasteiger partial charge in [0.2, 0.25) is 0 Å². The van der Waals surface area contributed by atoms with Gasteiger partial charge >= 0.3 is 0 Å². The number of ketones is 1. The van der Waals surface area contributed by atoms with E-state index in [1.54, 1.807) is 7.05 Å². The molecule has 2 aromatic carbocycles. The van der Waals surface area contributed by atoms with Crippen LogP contribution in [0.2, 0.25) is 0 Å². The lowest BCUT2D eigenvalue weighted by atomic mass is 9.88. The van der Waals surface area contributed by atoms with Gasteiger partial charge in [0.05, 0.1) is 4.88 Å². The lowest BCUT2D eigenvalue weighted by Crippen LogP contribution is -2.20. The molecule has 2 aromatic heterocycles. The van der Waals surface area contributed by atoms with Crippen molar-refractivity contribution in [3.63, 3.8) is 0 Å². The van der Waals surface area contributed by atoms with Crippen molar-refractivity contribution in [3.8, 4) is 21.7 Å². The molecule has 0 radical (unpaired) electrons. The predicted molar refractivity (Wildman–Crippen MR) is 135 cm³/mol. The van der Waals surface area contributed by atoms with E-state index in [-0.39, 0.29) is 17.1 Å². The fourth-order valence-corrected chi connectivity index (χ4v) is 4.86. The number of amides is 1. The molecule has 1 N–H and O–H groups in total. The Morgan fingerprint density at radius 2 is 1.82 bits per heavy atom. The number of aromatic nitrogens is 2. The fraction of sp³-hybridized carbons (Fsp3) is 0.296. The van der Waals surface area contributed by atoms with Crippen molar-refractivity contribution in [1.29, 1.82) is 0 Å². The van der Waals surface area contributed by atoms with Gasteiger partial charge in [-0.25, -0.2) is 4.98 Å². The summed E-state index contributed by atoms with van der Waals surface area (Å²) < 4.78 is 1.86. The first-order valence-electron chi connectivity index (χ1n) is 11.1. The second kappa shape index (κ2) is 8.94. The summed E-state index contributed by atoms with van der Waals surface area (Å²) in [6, 6.07) is 15.6. The molecule has 1 amide bonds. The number of rotatable bonds is 6. The summed E-state index contributed by atoms with van der Waals surface area (Å²) in [6.07, 6.45) is 3.33. The molecule has 0 aliphatic heterocycles. The van der Waals surface area contributed by atoms with Crippen LogP contribution in [-0.2, 0) is 0 Å². The molecule has 6 heteroatoms. The van der Waals surface area contributed by atoms with Gasteiger partial charge in [-0.1, -0.05) is 74.6 Å². The van der Waals surface area contributed by atoms with E-state index in [0.717, 1.165) is 38.5 Å². The highest BCUT2D eigenvalue weighted by Gasteiger charge is 2.23. The number of imidazole rings is 1. The number of carbonyl (C=O) groups excluding carboxylic acids is 2. The van der Waals surface area contributed by atoms with E-state index in [1.807, 2.05) is 66.1 Å². The molecule has 0 bridgehead atoms. The van der Waals surface area contributed by atoms with E-state index in [9.17, 15) is 9.59 Å². The van der Waals surface area contributed by atoms with Gasteiger partial charge in [0, 0.05) is 30.8 Å². The minimum atomic E-state index is -0.187. The number of Topliss-reactive ketones (excluding diaryl/α,β-unsaturated/α-hetero) is 1. The van der Waals surface area contributed by atoms with Gasteiger partial charge in [0.25, 0.3) is 5.91 Å². The number of thiazole rings is 1. The summed E-state index contributed by atoms with van der Waals surface area (Å²) in [5, 5.41) is 2.74. The third-order valence-electron chi connectivity index (χ3n) is 5.74. The molecule has 0 aliphatic rings. The maximum atomic E-state index is 12.8. The van der Waals surface area contributed by atoms with Crippen LogP contribution in [0.5, 0.6) is 0 Å². The lowest BCUT2D eigenvalue weighted by molar-refractivity contribution is 0.0953. The van der Waals surface area contributed by atoms with Gasteiger partial charge in [-0.15, -0.1) is 0 Å². The Morgan fingerprint density at radius 3 is 2.48 bits per heavy atom. The van der Waals surface area contributed by atoms with Crippen LogP contribution in [0.25, 0.3) is 26.7 Å². The van der Waals surface area contributed by atoms with Crippen LogP contribution in [0.15, 0.2) is 54.7 Å². The Bertz CT molecular complexity index is 1330. The van der Waals surface area contributed by atoms with Crippen LogP contribution in [0.3, 0.4) is 0 Å². The minimum absolute atomic E-state index is 0.120. The molecule has 2 heterocycles. The molecule has 4 rings (SSSR count). The molecule has 33 heavy (non-hydrogen) atoms. The summed E-state index contributed by atoms with van der Waals surface area (Å²) >= 11 is 1.52. The number of carbonyl (C=O) groups is 2. The Balaban J connectivity index is 1.76. The molecule has 0 fully saturated rings. The van der Waals surface area contributed by atoms with Crippen LogP contribution < -0.4 is 5.32 Å². The van der Waals surface area contributed by atoms with Gasteiger partial charge in [-0.3, -0.25) is 14.0 Å². The molecule has 170 valence electrons. The maximum Gasteiger partial charge on any atom is 0.270 e. The molecule has 0 saturated heterocycles. The molecule has 0 unspecified atom stereocenters. The lowest BCUT2D eigenvalue weighted by Gasteiger charge is -2.17. The Kier molecular flexibility index (Phi) is 6.21. The van der Waals surface area contributed by atoms with Crippen molar-refractivity contribution >= 4 is 28.0 Å². The quantitative estimate of drug-likeness (QED) is 0.339. The van der Waals surface area contributed by atoms with Gasteiger partial charge in [-0.2, -0.15) is 0 Å². The molecule has 0 saturated carbocycles. The van der Waals surface area contributed by atoms with Gasteiger partial charge in [0.1, 0.15) is 11.4 Å². The summed E-state index contributed by atoms with van der Waals surface area (Å²) in [4.78, 5) is 32.1. The maximum absolute atomic E-state index is 12.8. The highest BCUT2D eigenvalue weighted by molar-refractivity contribution is 7.20. The van der Waals surface area contributed by atoms with Crippen molar-refractivity contribution in [2.45, 2.75) is 40.5 Å². The number of fused-ring (bicyclic) bond motifs is 1. The van der Waals surface area contributed by atoms with Crippen LogP contribution in [-0.4, -0.2) is 28.1 Å². The first-order valence-corrected chi connectivity index (χ1v) is 11.9. The molecule has 5 nitrogen and oxygen atoms in total. The van der Waals surface area contributed by atoms with Crippen molar-refractivity contribution in [3.05, 3.63) is 71.5 Å². The summed E-state index contributed by atoms with van der Waals surface area (Å²) in [6.45, 7) is 8.48. The average Bonchev–Trinajstić information content (AvgIpc) is 3.35. The third kappa shape index (κ3) is 4.76. The Hall–Kier alpha value is -3.25. The molecular formula is C27H29N3O2S. The SMILES string of the molecule is CNC(=O)c1c(-c2ccccc2)nc2sc(-c3cc(C(=O)CCC(C)(C)C)ccc3C)cn12. The first kappa shape index (κ1) is 22.9. The van der Waals surface area contributed by atoms with Crippen molar-refractivity contribution in [2.75, 3.05) is 7.05 Å². The summed E-state index contributed by atoms with van der Waals surface area (Å²) in [7, 11) is 1.63. The number of hydrogen-bond acceptors (Lipinski definition) is 4. The van der Waals surface area contributed by atoms with Gasteiger partial charge < -0.3 is 5.32 Å². The number of nitrogens with zero attached hydrogens (tertiary/aromatic N) is 2. The smallest absolute Gasteiger partial charge is 0.270 e. The van der Waals surface area contributed by atoms with Crippen LogP contribution in [0, 0.1) is 12.3 Å². The predicted octanol–water partition coefficient (Wildman–Crippen LogP) is 6.41. The van der Waals surface area contributed by atoms with E-state index < -0.39 is 0 Å². The summed E-state index contributed by atoms with van der Waals surface area (Å²) in [5.41, 5.74) is 4.99. The molecule has 4 aromatic rings. The summed E-state index contributed by atoms with van der Waals surface area (Å²) in [5.74, 6) is -0.0292. The number of aryl methyl sites for hydroxylation is 1. The second-order valence-corrected chi connectivity index (χ2v) is 10.5. The Labute approximate surface area is 198 Å². The zero-order valence-electron chi connectivity index (χ0n) is 19.7. The molecule has 0 atom stereocenters. The van der Waals surface area contributed by atoms with Crippen LogP contribution in [0.4, 0.5) is 0 Å². The third-order valence-corrected chi connectivity index (χ3v) is 6.76. The zero-order valence-corrected chi connectivity index (χ0v) is 20.5. The van der Waals surface area contributed by atoms with Crippen molar-refractivity contribution in [1.82, 2.24) is 14.7 Å². The highest BCUT2D eigenvalue weighted by Crippen LogP contribution is 2.35. The number of hydrogen-bond donors (Lipinski definition) is 1. The van der Waals surface area contributed by atoms with E-state index in [4.69, 9.17) is 4.98 Å². The molecule has 0 aliphatic carbocycles. The van der Waals surface area contributed by atoms with E-state index in [2.05, 4.69) is 26.1 Å². The van der Waals surface area contributed by atoms with E-state index >= 15 is 0 Å². The number of nitrogens with one attached hydrogen (secondary N) is 1. The van der Waals surface area contributed by atoms with Crippen LogP contribution in [0.1, 0.15) is 60.0 Å². The second-order valence-electron chi connectivity index (χ2n) is 9.52. The first-order chi connectivity index (χ1) is 15.7. The van der Waals surface area contributed by atoms with Crippen molar-refractivity contribution in [2.24, 2.45) is 5.41 Å². The zero-order chi connectivity index (χ0) is 23.8. The fourth-order valence-electron chi connectivity index (χ4n) is 3.80. The molecule has 0 spiro atoms. The van der Waals surface area contributed by atoms with E-state index in [0.29, 0.717) is 17.8 Å². The van der Waals surface area contributed by atoms with E-state index in [1.165, 1.54) is 11.3 Å². The largest absolute Gasteiger partial charge is 0.354 e. The Morgan fingerprint density at radius 1 is 1.09 bits per heavy atom. The van der Waals surface area contributed by atoms with Gasteiger partial charge in [0.15, 0.2) is 10.7 Å². The highest BCUT2D eigenvalue weighted by atomic mass is 32.1. The molecular weight excluding hydrogens is 430 g/mol. The van der Waals surface area contributed by atoms with Crippen molar-refractivity contribution < 1.29 is 9.59 Å². The monoisotopic (exact) mass is 459 g/mol. The van der Waals surface area contributed by atoms with Gasteiger partial charge in [-0.05, 0) is 36.0 Å². The average molecular weight is 460 g/mol. The number of benzene rings is 2. The standard InChI is InChI=1S/C27H29N3O2S/c1-17-11-12-19(21(31)13-14-27(2,3)4)15-20(17)22-16-30-24(25(32)28-5)23(29-26(30)33-22)18-9-7-6-8-10-18/h6-12,15-16H,13-14H2,1-5H3,(H,28,32). The normalized spacial score (nSPS) is 11.7. The topological polar surface area (TPSA) is 63.5 Å². The minimum Gasteiger partial charge on any atom is -0.354 e. The van der Waals surface area contributed by atoms with Crippen LogP contribution >= 0.6 is 11.3 Å².